The van der Waals surface area contributed by atoms with Gasteiger partial charge in [-0.25, -0.2) is 4.98 Å². The van der Waals surface area contributed by atoms with Crippen LogP contribution in [0.5, 0.6) is 0 Å². The fraction of sp³-hybridized carbons (Fsp3) is 0.300. The Morgan fingerprint density at radius 3 is 2.76 bits per heavy atom. The van der Waals surface area contributed by atoms with Gasteiger partial charge < -0.3 is 16.8 Å². The van der Waals surface area contributed by atoms with E-state index in [1.807, 2.05) is 0 Å². The summed E-state index contributed by atoms with van der Waals surface area (Å²) in [6.07, 6.45) is 0. The van der Waals surface area contributed by atoms with Crippen LogP contribution in [-0.4, -0.2) is 40.0 Å². The first-order chi connectivity index (χ1) is 9.38. The van der Waals surface area contributed by atoms with Crippen LogP contribution in [-0.2, 0) is 4.79 Å². The highest BCUT2D eigenvalue weighted by Crippen LogP contribution is 2.19. The van der Waals surface area contributed by atoms with E-state index in [0.717, 1.165) is 23.1 Å². The molecule has 1 heterocycles. The van der Waals surface area contributed by atoms with Crippen LogP contribution < -0.4 is 16.8 Å². The first-order valence-electron chi connectivity index (χ1n) is 5.41. The second-order valence-electron chi connectivity index (χ2n) is 3.60. The minimum atomic E-state index is -0.226. The average Bonchev–Trinajstić information content (AvgIpc) is 2.81. The van der Waals surface area contributed by atoms with Crippen LogP contribution in [0.25, 0.3) is 0 Å². The van der Waals surface area contributed by atoms with Crippen LogP contribution in [0.1, 0.15) is 17.4 Å². The van der Waals surface area contributed by atoms with E-state index in [1.165, 1.54) is 6.92 Å². The lowest BCUT2D eigenvalue weighted by atomic mass is 10.3. The van der Waals surface area contributed by atoms with Crippen molar-refractivity contribution < 1.29 is 9.59 Å². The van der Waals surface area contributed by atoms with Gasteiger partial charge in [-0.15, -0.1) is 40.1 Å². The number of carbonyl (C=O) groups is 2. The molecule has 0 fully saturated rings. The Bertz CT molecular complexity index is 555. The fourth-order valence-corrected chi connectivity index (χ4v) is 2.37. The van der Waals surface area contributed by atoms with Crippen LogP contribution >= 0.6 is 40.1 Å². The molecule has 1 amide bonds. The van der Waals surface area contributed by atoms with Gasteiger partial charge >= 0.3 is 0 Å². The third kappa shape index (κ3) is 7.78. The molecule has 0 spiro atoms. The van der Waals surface area contributed by atoms with Gasteiger partial charge in [0.05, 0.1) is 17.3 Å². The standard InChI is InChI=1S/C10H14N6O2S2.BrH/c1-5(17)14-2-8(11)19-4-7(18)6-3-20-10(15-6)16-9(12)13;/h3,11H,2,4H2,1H3,(H,14,17)(H4,12,13,15,16);1H. The van der Waals surface area contributed by atoms with Gasteiger partial charge in [-0.2, -0.15) is 4.99 Å². The van der Waals surface area contributed by atoms with Crippen LogP contribution in [0.15, 0.2) is 10.4 Å². The Hall–Kier alpha value is -1.46. The van der Waals surface area contributed by atoms with Crippen LogP contribution in [0, 0.1) is 5.41 Å². The number of Topliss-reactive ketones (excluding diaryl/α,β-unsaturated/α-hetero) is 1. The molecule has 11 heteroatoms. The molecule has 8 nitrogen and oxygen atoms in total. The van der Waals surface area contributed by atoms with E-state index in [0.29, 0.717) is 5.13 Å². The molecule has 0 unspecified atom stereocenters. The maximum Gasteiger partial charge on any atom is 0.217 e. The van der Waals surface area contributed by atoms with E-state index in [1.54, 1.807) is 5.38 Å². The van der Waals surface area contributed by atoms with Crippen molar-refractivity contribution in [1.29, 1.82) is 5.41 Å². The van der Waals surface area contributed by atoms with Gasteiger partial charge in [0, 0.05) is 12.3 Å². The Labute approximate surface area is 140 Å². The Morgan fingerprint density at radius 2 is 2.19 bits per heavy atom. The number of hydrogen-bond acceptors (Lipinski definition) is 7. The number of amides is 1. The highest BCUT2D eigenvalue weighted by molar-refractivity contribution is 8.93. The largest absolute Gasteiger partial charge is 0.370 e. The molecule has 0 radical (unpaired) electrons. The predicted molar refractivity (Wildman–Crippen MR) is 91.1 cm³/mol. The van der Waals surface area contributed by atoms with Gasteiger partial charge in [0.15, 0.2) is 11.7 Å². The quantitative estimate of drug-likeness (QED) is 0.316. The minimum absolute atomic E-state index is 0. The average molecular weight is 395 g/mol. The number of aromatic nitrogens is 1. The number of halogens is 1. The van der Waals surface area contributed by atoms with E-state index in [-0.39, 0.29) is 57.7 Å². The summed E-state index contributed by atoms with van der Waals surface area (Å²) in [4.78, 5) is 30.2. The molecular weight excluding hydrogens is 380 g/mol. The maximum atomic E-state index is 11.8. The lowest BCUT2D eigenvalue weighted by Gasteiger charge is -2.02. The Morgan fingerprint density at radius 1 is 1.52 bits per heavy atom. The van der Waals surface area contributed by atoms with Gasteiger partial charge in [-0.05, 0) is 0 Å². The van der Waals surface area contributed by atoms with Gasteiger partial charge in [0.25, 0.3) is 0 Å². The smallest absolute Gasteiger partial charge is 0.217 e. The normalized spacial score (nSPS) is 9.38. The zero-order valence-corrected chi connectivity index (χ0v) is 14.4. The predicted octanol–water partition coefficient (Wildman–Crippen LogP) is 0.655. The fourth-order valence-electron chi connectivity index (χ4n) is 1.04. The van der Waals surface area contributed by atoms with Crippen molar-refractivity contribution in [2.75, 3.05) is 12.3 Å². The summed E-state index contributed by atoms with van der Waals surface area (Å²) in [6, 6.07) is 0. The Kier molecular flexibility index (Phi) is 8.81. The first-order valence-corrected chi connectivity index (χ1v) is 7.28. The zero-order valence-electron chi connectivity index (χ0n) is 11.1. The maximum absolute atomic E-state index is 11.8. The van der Waals surface area contributed by atoms with Gasteiger partial charge in [0.2, 0.25) is 11.0 Å². The summed E-state index contributed by atoms with van der Waals surface area (Å²) in [5, 5.41) is 12.1. The van der Waals surface area contributed by atoms with E-state index < -0.39 is 0 Å². The third-order valence-corrected chi connectivity index (χ3v) is 3.51. The summed E-state index contributed by atoms with van der Waals surface area (Å²) in [5.41, 5.74) is 10.7. The summed E-state index contributed by atoms with van der Waals surface area (Å²) in [7, 11) is 0. The number of nitrogens with zero attached hydrogens (tertiary/aromatic N) is 2. The molecule has 1 rings (SSSR count). The van der Waals surface area contributed by atoms with Crippen LogP contribution in [0.2, 0.25) is 0 Å². The zero-order chi connectivity index (χ0) is 15.1. The molecular formula is C10H15BrN6O2S2. The molecule has 1 aromatic rings. The third-order valence-electron chi connectivity index (χ3n) is 1.88. The van der Waals surface area contributed by atoms with Crippen molar-refractivity contribution in [3.63, 3.8) is 0 Å². The van der Waals surface area contributed by atoms with Crippen molar-refractivity contribution in [3.05, 3.63) is 11.1 Å². The van der Waals surface area contributed by atoms with Gasteiger partial charge in [-0.3, -0.25) is 15.0 Å². The molecule has 0 aliphatic heterocycles. The molecule has 0 bridgehead atoms. The van der Waals surface area contributed by atoms with Crippen molar-refractivity contribution in [2.45, 2.75) is 6.92 Å². The van der Waals surface area contributed by atoms with E-state index >= 15 is 0 Å². The second kappa shape index (κ2) is 9.47. The van der Waals surface area contributed by atoms with Crippen LogP contribution in [0.4, 0.5) is 5.13 Å². The molecule has 0 aliphatic rings. The molecule has 1 aromatic heterocycles. The highest BCUT2D eigenvalue weighted by Gasteiger charge is 2.12. The van der Waals surface area contributed by atoms with Crippen molar-refractivity contribution in [2.24, 2.45) is 16.5 Å². The number of hydrogen-bond donors (Lipinski definition) is 4. The number of nitrogens with one attached hydrogen (secondary N) is 2. The van der Waals surface area contributed by atoms with E-state index in [2.05, 4.69) is 15.3 Å². The summed E-state index contributed by atoms with van der Waals surface area (Å²) < 4.78 is 0. The monoisotopic (exact) mass is 394 g/mol. The van der Waals surface area contributed by atoms with Gasteiger partial charge in [0.1, 0.15) is 5.69 Å². The molecule has 116 valence electrons. The number of aliphatic imine (C=N–C) groups is 1. The van der Waals surface area contributed by atoms with Crippen LogP contribution in [0.3, 0.4) is 0 Å². The first kappa shape index (κ1) is 19.5. The molecule has 0 aromatic carbocycles. The number of nitrogens with two attached hydrogens (primary N) is 2. The summed E-state index contributed by atoms with van der Waals surface area (Å²) in [5.74, 6) is -0.493. The molecule has 0 aliphatic carbocycles. The molecule has 6 N–H and O–H groups in total. The molecule has 0 saturated carbocycles. The topological polar surface area (TPSA) is 147 Å². The SMILES string of the molecule is Br.CC(=O)NCC(=N)SCC(=O)c1csc(N=C(N)N)n1. The Balaban J connectivity index is 0.00000400. The number of rotatable bonds is 6. The number of carbonyl (C=O) groups excluding carboxylic acids is 2. The molecule has 21 heavy (non-hydrogen) atoms. The lowest BCUT2D eigenvalue weighted by molar-refractivity contribution is -0.118. The van der Waals surface area contributed by atoms with E-state index in [4.69, 9.17) is 16.9 Å². The molecule has 0 atom stereocenters. The number of thioether (sulfide) groups is 1. The van der Waals surface area contributed by atoms with Gasteiger partial charge in [-0.1, -0.05) is 0 Å². The summed E-state index contributed by atoms with van der Waals surface area (Å²) >= 11 is 2.20. The number of ketones is 1. The van der Waals surface area contributed by atoms with Crippen molar-refractivity contribution in [3.8, 4) is 0 Å². The summed E-state index contributed by atoms with van der Waals surface area (Å²) in [6.45, 7) is 1.48. The van der Waals surface area contributed by atoms with E-state index in [9.17, 15) is 9.59 Å². The minimum Gasteiger partial charge on any atom is -0.370 e. The number of guanidine groups is 1. The molecule has 0 saturated heterocycles. The highest BCUT2D eigenvalue weighted by atomic mass is 79.9. The number of thiazole rings is 1. The second-order valence-corrected chi connectivity index (χ2v) is 5.50. The lowest BCUT2D eigenvalue weighted by Crippen LogP contribution is -2.25. The van der Waals surface area contributed by atoms with Crippen molar-refractivity contribution >= 4 is 67.9 Å². The van der Waals surface area contributed by atoms with Crippen molar-refractivity contribution in [1.82, 2.24) is 10.3 Å².